The predicted octanol–water partition coefficient (Wildman–Crippen LogP) is 4.36. The second-order valence-electron chi connectivity index (χ2n) is 5.26. The van der Waals surface area contributed by atoms with Crippen LogP contribution in [0.1, 0.15) is 0 Å². The molecule has 3 aromatic rings. The summed E-state index contributed by atoms with van der Waals surface area (Å²) in [6.45, 7) is 0. The number of nitrogens with two attached hydrogens (primary N) is 1. The van der Waals surface area contributed by atoms with Gasteiger partial charge in [0.1, 0.15) is 5.75 Å². The monoisotopic (exact) mass is 353 g/mol. The van der Waals surface area contributed by atoms with Gasteiger partial charge >= 0.3 is 5.69 Å². The summed E-state index contributed by atoms with van der Waals surface area (Å²) in [6, 6.07) is 10.9. The van der Waals surface area contributed by atoms with E-state index < -0.39 is 21.2 Å². The van der Waals surface area contributed by atoms with Gasteiger partial charge in [-0.25, -0.2) is 0 Å². The van der Waals surface area contributed by atoms with E-state index in [4.69, 9.17) is 5.73 Å². The first kappa shape index (κ1) is 16.8. The van der Waals surface area contributed by atoms with Crippen molar-refractivity contribution in [3.63, 3.8) is 0 Å². The number of nitro groups is 2. The molecule has 26 heavy (non-hydrogen) atoms. The molecular formula is C16H11N5O5. The van der Waals surface area contributed by atoms with E-state index >= 15 is 0 Å². The highest BCUT2D eigenvalue weighted by Gasteiger charge is 2.19. The van der Waals surface area contributed by atoms with Crippen molar-refractivity contribution >= 4 is 39.2 Å². The highest BCUT2D eigenvalue weighted by atomic mass is 16.6. The van der Waals surface area contributed by atoms with Gasteiger partial charge in [0.05, 0.1) is 21.6 Å². The number of non-ortho nitro benzene ring substituents is 1. The Labute approximate surface area is 145 Å². The zero-order valence-corrected chi connectivity index (χ0v) is 13.1. The van der Waals surface area contributed by atoms with Crippen LogP contribution in [-0.4, -0.2) is 15.0 Å². The molecule has 0 radical (unpaired) electrons. The van der Waals surface area contributed by atoms with Crippen molar-refractivity contribution in [3.8, 4) is 5.75 Å². The molecule has 0 aliphatic rings. The zero-order chi connectivity index (χ0) is 18.8. The molecule has 0 amide bonds. The van der Waals surface area contributed by atoms with Crippen LogP contribution in [0.3, 0.4) is 0 Å². The molecule has 3 N–H and O–H groups in total. The van der Waals surface area contributed by atoms with Crippen molar-refractivity contribution in [3.05, 3.63) is 68.8 Å². The Bertz CT molecular complexity index is 1080. The summed E-state index contributed by atoms with van der Waals surface area (Å²) in [5.74, 6) is 0.00701. The topological polar surface area (TPSA) is 157 Å². The normalized spacial score (nSPS) is 11.1. The molecule has 0 aliphatic carbocycles. The van der Waals surface area contributed by atoms with Gasteiger partial charge in [0.25, 0.3) is 5.69 Å². The van der Waals surface area contributed by atoms with Gasteiger partial charge in [-0.15, -0.1) is 10.2 Å². The first-order valence-electron chi connectivity index (χ1n) is 7.23. The number of aromatic hydroxyl groups is 1. The van der Waals surface area contributed by atoms with Crippen molar-refractivity contribution in [2.45, 2.75) is 0 Å². The lowest BCUT2D eigenvalue weighted by Crippen LogP contribution is -1.92. The first-order valence-corrected chi connectivity index (χ1v) is 7.23. The number of phenols is 1. The third-order valence-corrected chi connectivity index (χ3v) is 3.66. The average molecular weight is 353 g/mol. The molecule has 3 rings (SSSR count). The molecular weight excluding hydrogens is 342 g/mol. The van der Waals surface area contributed by atoms with Crippen molar-refractivity contribution in [1.29, 1.82) is 0 Å². The third-order valence-electron chi connectivity index (χ3n) is 3.66. The fraction of sp³-hybridized carbons (Fsp3) is 0. The molecule has 0 heterocycles. The minimum atomic E-state index is -0.773. The quantitative estimate of drug-likeness (QED) is 0.307. The van der Waals surface area contributed by atoms with E-state index in [-0.39, 0.29) is 11.4 Å². The van der Waals surface area contributed by atoms with Crippen LogP contribution in [0.2, 0.25) is 0 Å². The number of nitrogens with zero attached hydrogens (tertiary/aromatic N) is 4. The highest BCUT2D eigenvalue weighted by molar-refractivity contribution is 6.04. The highest BCUT2D eigenvalue weighted by Crippen LogP contribution is 2.38. The lowest BCUT2D eigenvalue weighted by molar-refractivity contribution is -0.393. The maximum absolute atomic E-state index is 11.1. The average Bonchev–Trinajstić information content (AvgIpc) is 2.61. The Balaban J connectivity index is 2.12. The van der Waals surface area contributed by atoms with E-state index in [0.29, 0.717) is 22.1 Å². The van der Waals surface area contributed by atoms with Gasteiger partial charge in [0.2, 0.25) is 0 Å². The van der Waals surface area contributed by atoms with Crippen LogP contribution in [-0.2, 0) is 0 Å². The van der Waals surface area contributed by atoms with Gasteiger partial charge < -0.3 is 10.8 Å². The molecule has 0 aliphatic heterocycles. The molecule has 0 spiro atoms. The van der Waals surface area contributed by atoms with Crippen molar-refractivity contribution < 1.29 is 15.0 Å². The summed E-state index contributed by atoms with van der Waals surface area (Å²) in [6.07, 6.45) is 0. The number of hydrogen-bond donors (Lipinski definition) is 2. The van der Waals surface area contributed by atoms with Gasteiger partial charge in [0, 0.05) is 22.5 Å². The number of nitro benzene ring substituents is 2. The third kappa shape index (κ3) is 2.98. The number of anilines is 1. The number of fused-ring (bicyclic) bond motifs is 1. The van der Waals surface area contributed by atoms with Gasteiger partial charge in [-0.3, -0.25) is 20.2 Å². The molecule has 0 unspecified atom stereocenters. The molecule has 10 nitrogen and oxygen atoms in total. The number of rotatable bonds is 4. The summed E-state index contributed by atoms with van der Waals surface area (Å²) in [5.41, 5.74) is 5.47. The van der Waals surface area contributed by atoms with Crippen LogP contribution in [0.25, 0.3) is 10.8 Å². The van der Waals surface area contributed by atoms with Gasteiger partial charge in [-0.05, 0) is 24.3 Å². The largest absolute Gasteiger partial charge is 0.507 e. The molecule has 0 fully saturated rings. The fourth-order valence-corrected chi connectivity index (χ4v) is 2.45. The Morgan fingerprint density at radius 2 is 1.62 bits per heavy atom. The summed E-state index contributed by atoms with van der Waals surface area (Å²) in [5, 5.41) is 40.6. The van der Waals surface area contributed by atoms with Crippen LogP contribution in [0, 0.1) is 20.2 Å². The Morgan fingerprint density at radius 1 is 0.923 bits per heavy atom. The minimum absolute atomic E-state index is 0.00701. The summed E-state index contributed by atoms with van der Waals surface area (Å²) < 4.78 is 0. The number of phenolic OH excluding ortho intramolecular Hbond substituents is 1. The second-order valence-corrected chi connectivity index (χ2v) is 5.26. The molecule has 130 valence electrons. The molecule has 0 aromatic heterocycles. The van der Waals surface area contributed by atoms with E-state index in [2.05, 4.69) is 10.2 Å². The number of hydrogen-bond acceptors (Lipinski definition) is 8. The molecule has 0 saturated heterocycles. The molecule has 0 bridgehead atoms. The van der Waals surface area contributed by atoms with E-state index in [1.807, 2.05) is 0 Å². The predicted molar refractivity (Wildman–Crippen MR) is 94.0 cm³/mol. The van der Waals surface area contributed by atoms with Gasteiger partial charge in [-0.2, -0.15) is 0 Å². The fourth-order valence-electron chi connectivity index (χ4n) is 2.45. The van der Waals surface area contributed by atoms with Crippen LogP contribution in [0.5, 0.6) is 5.75 Å². The minimum Gasteiger partial charge on any atom is -0.507 e. The summed E-state index contributed by atoms with van der Waals surface area (Å²) >= 11 is 0. The Kier molecular flexibility index (Phi) is 4.15. The number of nitrogen functional groups attached to an aromatic ring is 1. The molecule has 10 heteroatoms. The molecule has 0 saturated carbocycles. The summed E-state index contributed by atoms with van der Waals surface area (Å²) in [4.78, 5) is 20.4. The first-order chi connectivity index (χ1) is 12.4. The van der Waals surface area contributed by atoms with E-state index in [1.165, 1.54) is 12.1 Å². The van der Waals surface area contributed by atoms with E-state index in [1.54, 1.807) is 18.2 Å². The van der Waals surface area contributed by atoms with Gasteiger partial charge in [0.15, 0.2) is 5.69 Å². The van der Waals surface area contributed by atoms with Crippen LogP contribution < -0.4 is 5.73 Å². The second kappa shape index (κ2) is 6.43. The van der Waals surface area contributed by atoms with E-state index in [0.717, 1.165) is 18.2 Å². The Morgan fingerprint density at radius 3 is 2.31 bits per heavy atom. The molecule has 0 atom stereocenters. The van der Waals surface area contributed by atoms with Crippen LogP contribution in [0.15, 0.2) is 58.8 Å². The van der Waals surface area contributed by atoms with Crippen LogP contribution >= 0.6 is 0 Å². The zero-order valence-electron chi connectivity index (χ0n) is 13.1. The Hall–Kier alpha value is -4.08. The maximum Gasteiger partial charge on any atom is 0.303 e. The van der Waals surface area contributed by atoms with Crippen molar-refractivity contribution in [2.75, 3.05) is 5.73 Å². The SMILES string of the molecule is Nc1cccc2c(O)ccc(N=Nc3ccc([N+](=O)[O-])cc3[N+](=O)[O-])c12. The maximum atomic E-state index is 11.1. The standard InChI is InChI=1S/C16H11N5O5/c17-11-3-1-2-10-15(22)7-6-13(16(10)11)19-18-12-5-4-9(20(23)24)8-14(12)21(25)26/h1-8,22H,17H2. The summed E-state index contributed by atoms with van der Waals surface area (Å²) in [7, 11) is 0. The smallest absolute Gasteiger partial charge is 0.303 e. The van der Waals surface area contributed by atoms with Crippen molar-refractivity contribution in [2.24, 2.45) is 10.2 Å². The van der Waals surface area contributed by atoms with Crippen molar-refractivity contribution in [1.82, 2.24) is 0 Å². The number of benzene rings is 3. The van der Waals surface area contributed by atoms with E-state index in [9.17, 15) is 25.3 Å². The lowest BCUT2D eigenvalue weighted by Gasteiger charge is -2.06. The number of azo groups is 1. The lowest BCUT2D eigenvalue weighted by atomic mass is 10.1. The van der Waals surface area contributed by atoms with Crippen LogP contribution in [0.4, 0.5) is 28.4 Å². The van der Waals surface area contributed by atoms with Gasteiger partial charge in [-0.1, -0.05) is 12.1 Å². The molecule has 3 aromatic carbocycles.